The van der Waals surface area contributed by atoms with Crippen molar-refractivity contribution >= 4 is 21.7 Å². The van der Waals surface area contributed by atoms with Crippen LogP contribution in [0, 0.1) is 23.7 Å². The number of aromatic nitrogens is 1. The molecule has 4 atom stereocenters. The van der Waals surface area contributed by atoms with Gasteiger partial charge < -0.3 is 10.3 Å². The van der Waals surface area contributed by atoms with Gasteiger partial charge in [-0.2, -0.15) is 0 Å². The zero-order chi connectivity index (χ0) is 14.1. The predicted octanol–water partition coefficient (Wildman–Crippen LogP) is 4.45. The molecule has 4 heteroatoms. The van der Waals surface area contributed by atoms with Gasteiger partial charge in [0.1, 0.15) is 0 Å². The van der Waals surface area contributed by atoms with E-state index in [1.165, 1.54) is 19.3 Å². The van der Waals surface area contributed by atoms with Gasteiger partial charge >= 0.3 is 0 Å². The average molecular weight is 345 g/mol. The molecule has 0 aliphatic heterocycles. The number of anilines is 1. The highest BCUT2D eigenvalue weighted by atomic mass is 79.9. The summed E-state index contributed by atoms with van der Waals surface area (Å²) in [5, 5.41) is 4.08. The van der Waals surface area contributed by atoms with Gasteiger partial charge in [-0.3, -0.25) is 0 Å². The summed E-state index contributed by atoms with van der Waals surface area (Å²) in [6, 6.07) is 8.18. The van der Waals surface area contributed by atoms with Crippen LogP contribution in [-0.4, -0.2) is 5.16 Å². The number of fused-ring (bicyclic) bond motifs is 5. The lowest BCUT2D eigenvalue weighted by Gasteiger charge is -2.09. The lowest BCUT2D eigenvalue weighted by Crippen LogP contribution is -1.98. The molecule has 3 aliphatic rings. The Morgan fingerprint density at radius 3 is 2.57 bits per heavy atom. The maximum Gasteiger partial charge on any atom is 0.175 e. The van der Waals surface area contributed by atoms with E-state index >= 15 is 0 Å². The number of nitrogens with two attached hydrogens (primary N) is 1. The summed E-state index contributed by atoms with van der Waals surface area (Å²) in [5.74, 6) is 5.62. The van der Waals surface area contributed by atoms with E-state index in [4.69, 9.17) is 10.3 Å². The molecule has 3 nitrogen and oxygen atoms in total. The quantitative estimate of drug-likeness (QED) is 0.875. The second-order valence-corrected chi connectivity index (χ2v) is 7.65. The Kier molecular flexibility index (Phi) is 2.41. The number of nitrogen functional groups attached to an aromatic ring is 1. The van der Waals surface area contributed by atoms with Gasteiger partial charge in [-0.05, 0) is 49.0 Å². The van der Waals surface area contributed by atoms with Crippen LogP contribution in [0.2, 0.25) is 0 Å². The fraction of sp³-hybridized carbons (Fsp3) is 0.471. The predicted molar refractivity (Wildman–Crippen MR) is 84.6 cm³/mol. The highest BCUT2D eigenvalue weighted by Crippen LogP contribution is 2.74. The zero-order valence-corrected chi connectivity index (χ0v) is 13.2. The van der Waals surface area contributed by atoms with Gasteiger partial charge in [-0.25, -0.2) is 0 Å². The third kappa shape index (κ3) is 1.57. The molecule has 5 rings (SSSR count). The summed E-state index contributed by atoms with van der Waals surface area (Å²) in [6.07, 6.45) is 4.27. The van der Waals surface area contributed by atoms with Crippen LogP contribution in [0.4, 0.5) is 5.82 Å². The average Bonchev–Trinajstić information content (AvgIpc) is 2.81. The van der Waals surface area contributed by atoms with Crippen molar-refractivity contribution in [1.29, 1.82) is 0 Å². The topological polar surface area (TPSA) is 52.0 Å². The number of halogens is 1. The van der Waals surface area contributed by atoms with Crippen LogP contribution >= 0.6 is 15.9 Å². The molecule has 108 valence electrons. The minimum absolute atomic E-state index is 0.522. The Bertz CT molecular complexity index is 709. The molecule has 1 aromatic carbocycles. The first-order chi connectivity index (χ1) is 10.3. The smallest absolute Gasteiger partial charge is 0.175 e. The third-order valence-corrected chi connectivity index (χ3v) is 6.62. The molecule has 2 bridgehead atoms. The van der Waals surface area contributed by atoms with Gasteiger partial charge in [0.05, 0.1) is 5.56 Å². The molecule has 0 amide bonds. The normalized spacial score (nSPS) is 36.0. The Balaban J connectivity index is 1.60. The highest BCUT2D eigenvalue weighted by molar-refractivity contribution is 9.10. The van der Waals surface area contributed by atoms with Crippen LogP contribution in [0.15, 0.2) is 33.3 Å². The van der Waals surface area contributed by atoms with E-state index < -0.39 is 0 Å². The number of nitrogens with zero attached hydrogens (tertiary/aromatic N) is 1. The Labute approximate surface area is 132 Å². The number of benzene rings is 1. The van der Waals surface area contributed by atoms with Crippen molar-refractivity contribution in [2.24, 2.45) is 23.7 Å². The van der Waals surface area contributed by atoms with Crippen molar-refractivity contribution in [2.75, 3.05) is 5.73 Å². The Morgan fingerprint density at radius 1 is 1.14 bits per heavy atom. The third-order valence-electron chi connectivity index (χ3n) is 5.93. The molecule has 2 aromatic rings. The van der Waals surface area contributed by atoms with Gasteiger partial charge in [0.25, 0.3) is 0 Å². The number of hydrogen-bond acceptors (Lipinski definition) is 3. The fourth-order valence-electron chi connectivity index (χ4n) is 5.15. The van der Waals surface area contributed by atoms with Crippen LogP contribution in [0.25, 0.3) is 11.1 Å². The van der Waals surface area contributed by atoms with E-state index in [2.05, 4.69) is 27.2 Å². The first-order valence-corrected chi connectivity index (χ1v) is 8.55. The zero-order valence-electron chi connectivity index (χ0n) is 11.6. The monoisotopic (exact) mass is 344 g/mol. The van der Waals surface area contributed by atoms with Crippen molar-refractivity contribution in [2.45, 2.75) is 25.2 Å². The molecule has 2 N–H and O–H groups in total. The maximum atomic E-state index is 6.12. The lowest BCUT2D eigenvalue weighted by atomic mass is 9.96. The van der Waals surface area contributed by atoms with Crippen LogP contribution in [0.3, 0.4) is 0 Å². The van der Waals surface area contributed by atoms with Crippen LogP contribution < -0.4 is 5.73 Å². The first-order valence-electron chi connectivity index (χ1n) is 7.75. The fourth-order valence-corrected chi connectivity index (χ4v) is 5.64. The minimum Gasteiger partial charge on any atom is -0.380 e. The second-order valence-electron chi connectivity index (χ2n) is 6.80. The van der Waals surface area contributed by atoms with Crippen LogP contribution in [0.5, 0.6) is 0 Å². The van der Waals surface area contributed by atoms with Gasteiger partial charge in [0.15, 0.2) is 11.6 Å². The molecule has 4 unspecified atom stereocenters. The van der Waals surface area contributed by atoms with Gasteiger partial charge in [0, 0.05) is 16.0 Å². The van der Waals surface area contributed by atoms with E-state index in [-0.39, 0.29) is 0 Å². The standard InChI is InChI=1S/C17H17BrN2O/c18-11-4-2-1-3-10(11)14-16(21-20-17(14)19)15-12-8-5-6-9(7-8)13(12)15/h1-4,8-9,12-13,15H,5-7H2,(H2,19,20). The Morgan fingerprint density at radius 2 is 1.86 bits per heavy atom. The molecule has 0 saturated heterocycles. The molecule has 21 heavy (non-hydrogen) atoms. The molecule has 0 spiro atoms. The van der Waals surface area contributed by atoms with Crippen molar-refractivity contribution in [1.82, 2.24) is 5.16 Å². The maximum absolute atomic E-state index is 6.12. The molecule has 1 heterocycles. The summed E-state index contributed by atoms with van der Waals surface area (Å²) in [5.41, 5.74) is 8.23. The van der Waals surface area contributed by atoms with Crippen molar-refractivity contribution in [3.63, 3.8) is 0 Å². The first kappa shape index (κ1) is 12.3. The van der Waals surface area contributed by atoms with Crippen LogP contribution in [-0.2, 0) is 0 Å². The summed E-state index contributed by atoms with van der Waals surface area (Å²) in [6.45, 7) is 0. The molecule has 3 saturated carbocycles. The van der Waals surface area contributed by atoms with E-state index in [1.807, 2.05) is 18.2 Å². The van der Waals surface area contributed by atoms with Gasteiger partial charge in [-0.1, -0.05) is 39.3 Å². The molecular formula is C17H17BrN2O. The molecule has 3 aliphatic carbocycles. The Hall–Kier alpha value is -1.29. The molecule has 1 aromatic heterocycles. The molecule has 3 fully saturated rings. The highest BCUT2D eigenvalue weighted by Gasteiger charge is 2.67. The van der Waals surface area contributed by atoms with E-state index in [0.29, 0.717) is 11.7 Å². The van der Waals surface area contributed by atoms with Crippen molar-refractivity contribution in [3.05, 3.63) is 34.5 Å². The van der Waals surface area contributed by atoms with Gasteiger partial charge in [-0.15, -0.1) is 0 Å². The lowest BCUT2D eigenvalue weighted by molar-refractivity contribution is 0.365. The summed E-state index contributed by atoms with van der Waals surface area (Å²) < 4.78 is 6.74. The van der Waals surface area contributed by atoms with Gasteiger partial charge in [0.2, 0.25) is 0 Å². The number of hydrogen-bond donors (Lipinski definition) is 1. The summed E-state index contributed by atoms with van der Waals surface area (Å²) in [4.78, 5) is 0. The van der Waals surface area contributed by atoms with Crippen molar-refractivity contribution < 1.29 is 4.52 Å². The van der Waals surface area contributed by atoms with E-state index in [9.17, 15) is 0 Å². The van der Waals surface area contributed by atoms with Crippen molar-refractivity contribution in [3.8, 4) is 11.1 Å². The molecular weight excluding hydrogens is 328 g/mol. The van der Waals surface area contributed by atoms with Crippen LogP contribution in [0.1, 0.15) is 30.9 Å². The second kappa shape index (κ2) is 4.13. The number of rotatable bonds is 2. The molecule has 0 radical (unpaired) electrons. The van der Waals surface area contributed by atoms with E-state index in [1.54, 1.807) is 0 Å². The summed E-state index contributed by atoms with van der Waals surface area (Å²) >= 11 is 3.63. The minimum atomic E-state index is 0.522. The largest absolute Gasteiger partial charge is 0.380 e. The SMILES string of the molecule is Nc1noc(C2C3C4CCC(C4)C23)c1-c1ccccc1Br. The summed E-state index contributed by atoms with van der Waals surface area (Å²) in [7, 11) is 0. The van der Waals surface area contributed by atoms with E-state index in [0.717, 1.165) is 45.0 Å².